The lowest BCUT2D eigenvalue weighted by Gasteiger charge is -2.58. The van der Waals surface area contributed by atoms with E-state index in [1.165, 1.54) is 70.8 Å². The van der Waals surface area contributed by atoms with E-state index in [2.05, 4.69) is 48.7 Å². The van der Waals surface area contributed by atoms with Crippen molar-refractivity contribution in [3.05, 3.63) is 11.6 Å². The molecule has 2 unspecified atom stereocenters. The van der Waals surface area contributed by atoms with Crippen molar-refractivity contribution < 1.29 is 4.79 Å². The fourth-order valence-corrected chi connectivity index (χ4v) is 10.5. The number of allylic oxidation sites excluding steroid dienone is 1. The van der Waals surface area contributed by atoms with Crippen molar-refractivity contribution in [3.63, 3.8) is 0 Å². The van der Waals surface area contributed by atoms with Gasteiger partial charge in [0.05, 0.1) is 0 Å². The summed E-state index contributed by atoms with van der Waals surface area (Å²) in [5.74, 6) is 3.69. The van der Waals surface area contributed by atoms with Crippen LogP contribution in [-0.2, 0) is 0 Å². The van der Waals surface area contributed by atoms with Crippen LogP contribution in [0.3, 0.4) is 0 Å². The molecule has 3 saturated carbocycles. The van der Waals surface area contributed by atoms with Crippen LogP contribution in [0.15, 0.2) is 11.6 Å². The Bertz CT molecular complexity index is 818. The molecule has 8 atom stereocenters. The fraction of sp³-hybridized carbons (Fsp3) is 0.897. The molecule has 184 valence electrons. The molecule has 2 saturated heterocycles. The van der Waals surface area contributed by atoms with Crippen molar-refractivity contribution in [3.8, 4) is 0 Å². The number of carbonyl (C=O) groups is 1. The smallest absolute Gasteiger partial charge is 0.319 e. The normalized spacial score (nSPS) is 46.9. The van der Waals surface area contributed by atoms with Crippen molar-refractivity contribution in [1.82, 2.24) is 14.7 Å². The van der Waals surface area contributed by atoms with Gasteiger partial charge in [0.15, 0.2) is 0 Å². The Morgan fingerprint density at radius 3 is 2.61 bits per heavy atom. The summed E-state index contributed by atoms with van der Waals surface area (Å²) in [6, 6.07) is 1.51. The average Bonchev–Trinajstić information content (AvgIpc) is 3.52. The van der Waals surface area contributed by atoms with Gasteiger partial charge in [0.25, 0.3) is 0 Å². The Balaban J connectivity index is 1.21. The molecule has 1 spiro atoms. The van der Waals surface area contributed by atoms with E-state index in [1.807, 2.05) is 0 Å². The number of rotatable bonds is 2. The molecule has 0 N–H and O–H groups in total. The Morgan fingerprint density at radius 2 is 1.85 bits per heavy atom. The summed E-state index contributed by atoms with van der Waals surface area (Å²) in [6.45, 7) is 8.31. The summed E-state index contributed by atoms with van der Waals surface area (Å²) in [6.07, 6.45) is 17.2. The second kappa shape index (κ2) is 8.00. The summed E-state index contributed by atoms with van der Waals surface area (Å²) in [5, 5.41) is 0. The minimum absolute atomic E-state index is 0.280. The lowest BCUT2D eigenvalue weighted by molar-refractivity contribution is -0.0430. The van der Waals surface area contributed by atoms with Crippen LogP contribution in [0.25, 0.3) is 0 Å². The molecule has 0 aromatic heterocycles. The molecule has 33 heavy (non-hydrogen) atoms. The van der Waals surface area contributed by atoms with Gasteiger partial charge in [0.2, 0.25) is 0 Å². The highest BCUT2D eigenvalue weighted by Gasteiger charge is 2.64. The van der Waals surface area contributed by atoms with Gasteiger partial charge in [-0.2, -0.15) is 0 Å². The van der Waals surface area contributed by atoms with Crippen molar-refractivity contribution in [1.29, 1.82) is 0 Å². The summed E-state index contributed by atoms with van der Waals surface area (Å²) in [5.41, 5.74) is 2.71. The van der Waals surface area contributed by atoms with Crippen LogP contribution in [0, 0.1) is 34.5 Å². The first-order chi connectivity index (χ1) is 15.9. The van der Waals surface area contributed by atoms with Crippen molar-refractivity contribution in [2.75, 3.05) is 33.7 Å². The van der Waals surface area contributed by atoms with Gasteiger partial charge in [0.1, 0.15) is 0 Å². The highest BCUT2D eigenvalue weighted by Crippen LogP contribution is 2.69. The van der Waals surface area contributed by atoms with E-state index in [0.29, 0.717) is 16.9 Å². The highest BCUT2D eigenvalue weighted by atomic mass is 16.2. The average molecular weight is 454 g/mol. The molecule has 2 aliphatic heterocycles. The van der Waals surface area contributed by atoms with E-state index in [-0.39, 0.29) is 6.03 Å². The Labute approximate surface area is 202 Å². The van der Waals surface area contributed by atoms with E-state index in [0.717, 1.165) is 49.2 Å². The third-order valence-corrected chi connectivity index (χ3v) is 12.1. The zero-order valence-electron chi connectivity index (χ0n) is 21.7. The van der Waals surface area contributed by atoms with Crippen LogP contribution >= 0.6 is 0 Å². The molecule has 4 heteroatoms. The van der Waals surface area contributed by atoms with Gasteiger partial charge in [-0.1, -0.05) is 25.5 Å². The lowest BCUT2D eigenvalue weighted by Crippen LogP contribution is -2.53. The molecule has 0 aromatic carbocycles. The SMILES string of the molecule is CC[C@H]1[C@H]2CCC3[C@@H]4CC=C5C[C@@H](N(C)C(=O)N6CCCC6)CC[C@]5(C)C4CC[C@@]32CN1C. The number of likely N-dealkylation sites (tertiary alicyclic amines) is 2. The number of fused-ring (bicyclic) bond motifs is 4. The molecule has 2 amide bonds. The van der Waals surface area contributed by atoms with E-state index >= 15 is 0 Å². The predicted molar refractivity (Wildman–Crippen MR) is 134 cm³/mol. The van der Waals surface area contributed by atoms with Gasteiger partial charge in [-0.25, -0.2) is 4.79 Å². The topological polar surface area (TPSA) is 26.8 Å². The summed E-state index contributed by atoms with van der Waals surface area (Å²) >= 11 is 0. The van der Waals surface area contributed by atoms with Crippen molar-refractivity contribution >= 4 is 6.03 Å². The lowest BCUT2D eigenvalue weighted by atomic mass is 9.47. The maximum absolute atomic E-state index is 13.0. The summed E-state index contributed by atoms with van der Waals surface area (Å²) in [7, 11) is 4.48. The van der Waals surface area contributed by atoms with Gasteiger partial charge in [0, 0.05) is 38.8 Å². The number of hydrogen-bond acceptors (Lipinski definition) is 2. The van der Waals surface area contributed by atoms with Crippen LogP contribution < -0.4 is 0 Å². The molecule has 6 aliphatic rings. The molecule has 2 heterocycles. The summed E-state index contributed by atoms with van der Waals surface area (Å²) < 4.78 is 0. The van der Waals surface area contributed by atoms with E-state index in [9.17, 15) is 4.79 Å². The monoisotopic (exact) mass is 453 g/mol. The van der Waals surface area contributed by atoms with Gasteiger partial charge in [-0.3, -0.25) is 0 Å². The zero-order chi connectivity index (χ0) is 23.0. The van der Waals surface area contributed by atoms with Crippen molar-refractivity contribution in [2.45, 2.75) is 96.6 Å². The highest BCUT2D eigenvalue weighted by molar-refractivity contribution is 5.74. The molecule has 4 nitrogen and oxygen atoms in total. The van der Waals surface area contributed by atoms with Gasteiger partial charge >= 0.3 is 6.03 Å². The van der Waals surface area contributed by atoms with E-state index in [4.69, 9.17) is 0 Å². The van der Waals surface area contributed by atoms with E-state index < -0.39 is 0 Å². The number of amides is 2. The Kier molecular flexibility index (Phi) is 5.44. The predicted octanol–water partition coefficient (Wildman–Crippen LogP) is 5.79. The minimum atomic E-state index is 0.280. The molecular formula is C29H47N3O. The quantitative estimate of drug-likeness (QED) is 0.495. The molecule has 0 radical (unpaired) electrons. The van der Waals surface area contributed by atoms with Crippen LogP contribution in [0.5, 0.6) is 0 Å². The van der Waals surface area contributed by atoms with Crippen LogP contribution in [0.2, 0.25) is 0 Å². The maximum Gasteiger partial charge on any atom is 0.319 e. The summed E-state index contributed by atoms with van der Waals surface area (Å²) in [4.78, 5) is 20.0. The van der Waals surface area contributed by atoms with Crippen LogP contribution in [-0.4, -0.2) is 66.5 Å². The van der Waals surface area contributed by atoms with Gasteiger partial charge < -0.3 is 14.7 Å². The minimum Gasteiger partial charge on any atom is -0.325 e. The van der Waals surface area contributed by atoms with Crippen LogP contribution in [0.4, 0.5) is 4.79 Å². The first-order valence-electron chi connectivity index (χ1n) is 14.3. The number of nitrogens with zero attached hydrogens (tertiary/aromatic N) is 3. The second-order valence-electron chi connectivity index (χ2n) is 13.1. The number of hydrogen-bond donors (Lipinski definition) is 0. The van der Waals surface area contributed by atoms with Crippen LogP contribution in [0.1, 0.15) is 84.5 Å². The Hall–Kier alpha value is -1.03. The fourth-order valence-electron chi connectivity index (χ4n) is 10.5. The standard InChI is InChI=1S/C29H47N3O/c1-5-26-25-11-10-24-22-9-8-20-18-21(31(4)27(33)32-16-6-7-17-32)12-14-28(20,2)23(22)13-15-29(24,25)19-30(26)3/h8,21-26H,5-7,9-19H2,1-4H3/t21-,22+,23?,24?,25+,26-,28-,29+/m0/s1. The molecular weight excluding hydrogens is 406 g/mol. The molecule has 0 aromatic rings. The van der Waals surface area contributed by atoms with Gasteiger partial charge in [-0.05, 0) is 112 Å². The maximum atomic E-state index is 13.0. The first-order valence-corrected chi connectivity index (χ1v) is 14.3. The molecule has 5 fully saturated rings. The number of urea groups is 1. The third kappa shape index (κ3) is 3.14. The van der Waals surface area contributed by atoms with Crippen molar-refractivity contribution in [2.24, 2.45) is 34.5 Å². The molecule has 4 aliphatic carbocycles. The Morgan fingerprint density at radius 1 is 1.09 bits per heavy atom. The second-order valence-corrected chi connectivity index (χ2v) is 13.1. The van der Waals surface area contributed by atoms with Gasteiger partial charge in [-0.15, -0.1) is 0 Å². The third-order valence-electron chi connectivity index (χ3n) is 12.1. The van der Waals surface area contributed by atoms with E-state index in [1.54, 1.807) is 5.57 Å². The first kappa shape index (κ1) is 22.4. The molecule has 6 rings (SSSR count). The molecule has 0 bridgehead atoms. The zero-order valence-corrected chi connectivity index (χ0v) is 21.7. The largest absolute Gasteiger partial charge is 0.325 e. The number of carbonyl (C=O) groups excluding carboxylic acids is 1.